The van der Waals surface area contributed by atoms with Gasteiger partial charge in [0.05, 0.1) is 0 Å². The number of carbonyl (C=O) groups excluding carboxylic acids is 1. The maximum absolute atomic E-state index is 11.1. The zero-order valence-corrected chi connectivity index (χ0v) is 10.8. The van der Waals surface area contributed by atoms with E-state index < -0.39 is 0 Å². The topological polar surface area (TPSA) is 17.1 Å². The van der Waals surface area contributed by atoms with Gasteiger partial charge < -0.3 is 4.79 Å². The Morgan fingerprint density at radius 1 is 1.53 bits per heavy atom. The molecule has 0 bridgehead atoms. The van der Waals surface area contributed by atoms with E-state index in [0.29, 0.717) is 17.1 Å². The van der Waals surface area contributed by atoms with Gasteiger partial charge in [-0.2, -0.15) is 0 Å². The standard InChI is InChI=1S/C14H24O/c1-10-6-7-11(2)14(4,5)13(10)9-8-12(3)15/h6,11,13H,7-9H2,1-5H3. The highest BCUT2D eigenvalue weighted by Crippen LogP contribution is 2.46. The van der Waals surface area contributed by atoms with Gasteiger partial charge in [0.15, 0.2) is 0 Å². The first-order valence-corrected chi connectivity index (χ1v) is 6.01. The molecule has 0 amide bonds. The van der Waals surface area contributed by atoms with Crippen LogP contribution in [0.25, 0.3) is 0 Å². The summed E-state index contributed by atoms with van der Waals surface area (Å²) in [4.78, 5) is 11.1. The third kappa shape index (κ3) is 2.70. The fraction of sp³-hybridized carbons (Fsp3) is 0.786. The molecule has 86 valence electrons. The van der Waals surface area contributed by atoms with Crippen molar-refractivity contribution in [1.82, 2.24) is 0 Å². The fourth-order valence-corrected chi connectivity index (χ4v) is 2.69. The number of Topliss-reactive ketones (excluding diaryl/α,β-unsaturated/α-hetero) is 1. The molecule has 1 rings (SSSR count). The Kier molecular flexibility index (Phi) is 3.75. The average Bonchev–Trinajstić information content (AvgIpc) is 2.11. The monoisotopic (exact) mass is 208 g/mol. The fourth-order valence-electron chi connectivity index (χ4n) is 2.69. The van der Waals surface area contributed by atoms with E-state index in [1.807, 2.05) is 0 Å². The van der Waals surface area contributed by atoms with Crippen LogP contribution in [0.3, 0.4) is 0 Å². The van der Waals surface area contributed by atoms with Crippen LogP contribution in [0.15, 0.2) is 11.6 Å². The number of allylic oxidation sites excluding steroid dienone is 2. The first-order valence-electron chi connectivity index (χ1n) is 6.01. The first-order chi connectivity index (χ1) is 6.85. The summed E-state index contributed by atoms with van der Waals surface area (Å²) in [5.74, 6) is 1.63. The molecule has 1 aliphatic rings. The normalized spacial score (nSPS) is 29.8. The molecule has 0 fully saturated rings. The van der Waals surface area contributed by atoms with Crippen molar-refractivity contribution in [2.75, 3.05) is 0 Å². The summed E-state index contributed by atoms with van der Waals surface area (Å²) >= 11 is 0. The van der Waals surface area contributed by atoms with Crippen LogP contribution in [-0.4, -0.2) is 5.78 Å². The summed E-state index contributed by atoms with van der Waals surface area (Å²) in [5.41, 5.74) is 1.83. The molecule has 0 N–H and O–H groups in total. The number of hydrogen-bond donors (Lipinski definition) is 0. The van der Waals surface area contributed by atoms with Gasteiger partial charge in [-0.1, -0.05) is 32.4 Å². The molecular formula is C14H24O. The van der Waals surface area contributed by atoms with E-state index in [0.717, 1.165) is 18.8 Å². The molecule has 2 atom stereocenters. The Labute approximate surface area is 93.9 Å². The molecular weight excluding hydrogens is 184 g/mol. The highest BCUT2D eigenvalue weighted by molar-refractivity contribution is 5.75. The smallest absolute Gasteiger partial charge is 0.129 e. The van der Waals surface area contributed by atoms with Gasteiger partial charge >= 0.3 is 0 Å². The molecule has 0 aromatic carbocycles. The molecule has 0 radical (unpaired) electrons. The van der Waals surface area contributed by atoms with Crippen LogP contribution in [0, 0.1) is 17.3 Å². The summed E-state index contributed by atoms with van der Waals surface area (Å²) in [6, 6.07) is 0. The van der Waals surface area contributed by atoms with Crippen molar-refractivity contribution in [3.05, 3.63) is 11.6 Å². The predicted octanol–water partition coefficient (Wildman–Crippen LogP) is 3.98. The predicted molar refractivity (Wildman–Crippen MR) is 64.7 cm³/mol. The number of rotatable bonds is 3. The Morgan fingerprint density at radius 3 is 2.67 bits per heavy atom. The van der Waals surface area contributed by atoms with Crippen molar-refractivity contribution in [1.29, 1.82) is 0 Å². The van der Waals surface area contributed by atoms with Crippen LogP contribution >= 0.6 is 0 Å². The van der Waals surface area contributed by atoms with Gasteiger partial charge in [-0.3, -0.25) is 0 Å². The van der Waals surface area contributed by atoms with Gasteiger partial charge in [0, 0.05) is 6.42 Å². The van der Waals surface area contributed by atoms with E-state index >= 15 is 0 Å². The third-order valence-electron chi connectivity index (χ3n) is 4.30. The minimum Gasteiger partial charge on any atom is -0.300 e. The van der Waals surface area contributed by atoms with Crippen LogP contribution in [0.5, 0.6) is 0 Å². The second kappa shape index (κ2) is 4.51. The van der Waals surface area contributed by atoms with Crippen molar-refractivity contribution in [3.8, 4) is 0 Å². The van der Waals surface area contributed by atoms with Crippen LogP contribution in [0.2, 0.25) is 0 Å². The van der Waals surface area contributed by atoms with E-state index in [9.17, 15) is 4.79 Å². The number of hydrogen-bond acceptors (Lipinski definition) is 1. The van der Waals surface area contributed by atoms with E-state index in [-0.39, 0.29) is 0 Å². The van der Waals surface area contributed by atoms with E-state index in [4.69, 9.17) is 0 Å². The molecule has 0 heterocycles. The zero-order chi connectivity index (χ0) is 11.6. The largest absolute Gasteiger partial charge is 0.300 e. The van der Waals surface area contributed by atoms with Crippen molar-refractivity contribution in [2.45, 2.75) is 53.9 Å². The van der Waals surface area contributed by atoms with Crippen molar-refractivity contribution >= 4 is 5.78 Å². The first kappa shape index (κ1) is 12.5. The van der Waals surface area contributed by atoms with Crippen LogP contribution in [-0.2, 0) is 4.79 Å². The molecule has 1 aliphatic carbocycles. The van der Waals surface area contributed by atoms with Gasteiger partial charge in [0.2, 0.25) is 0 Å². The van der Waals surface area contributed by atoms with Crippen LogP contribution in [0.1, 0.15) is 53.9 Å². The van der Waals surface area contributed by atoms with Gasteiger partial charge in [-0.15, -0.1) is 0 Å². The Balaban J connectivity index is 2.77. The second-order valence-corrected chi connectivity index (χ2v) is 5.70. The van der Waals surface area contributed by atoms with Crippen molar-refractivity contribution in [2.24, 2.45) is 17.3 Å². The summed E-state index contributed by atoms with van der Waals surface area (Å²) in [7, 11) is 0. The molecule has 0 saturated carbocycles. The lowest BCUT2D eigenvalue weighted by Gasteiger charge is -2.43. The molecule has 1 nitrogen and oxygen atoms in total. The lowest BCUT2D eigenvalue weighted by atomic mass is 9.62. The van der Waals surface area contributed by atoms with Gasteiger partial charge in [0.25, 0.3) is 0 Å². The Morgan fingerprint density at radius 2 is 2.13 bits per heavy atom. The highest BCUT2D eigenvalue weighted by atomic mass is 16.1. The SMILES string of the molecule is CC(=O)CCC1C(C)=CCC(C)C1(C)C. The maximum Gasteiger partial charge on any atom is 0.129 e. The van der Waals surface area contributed by atoms with E-state index in [2.05, 4.69) is 33.8 Å². The maximum atomic E-state index is 11.1. The molecule has 0 saturated heterocycles. The summed E-state index contributed by atoms with van der Waals surface area (Å²) < 4.78 is 0. The zero-order valence-electron chi connectivity index (χ0n) is 10.8. The highest BCUT2D eigenvalue weighted by Gasteiger charge is 2.37. The Hall–Kier alpha value is -0.590. The number of carbonyl (C=O) groups is 1. The second-order valence-electron chi connectivity index (χ2n) is 5.70. The molecule has 0 aromatic heterocycles. The third-order valence-corrected chi connectivity index (χ3v) is 4.30. The summed E-state index contributed by atoms with van der Waals surface area (Å²) in [6.45, 7) is 10.9. The van der Waals surface area contributed by atoms with Crippen molar-refractivity contribution in [3.63, 3.8) is 0 Å². The lowest BCUT2D eigenvalue weighted by molar-refractivity contribution is -0.117. The summed E-state index contributed by atoms with van der Waals surface area (Å²) in [6.07, 6.45) is 5.30. The molecule has 0 spiro atoms. The molecule has 1 heteroatoms. The van der Waals surface area contributed by atoms with Crippen molar-refractivity contribution < 1.29 is 4.79 Å². The Bertz CT molecular complexity index is 273. The molecule has 0 aliphatic heterocycles. The van der Waals surface area contributed by atoms with Crippen LogP contribution < -0.4 is 0 Å². The van der Waals surface area contributed by atoms with E-state index in [1.54, 1.807) is 6.92 Å². The average molecular weight is 208 g/mol. The molecule has 0 aromatic rings. The lowest BCUT2D eigenvalue weighted by Crippen LogP contribution is -2.34. The van der Waals surface area contributed by atoms with Gasteiger partial charge in [0.1, 0.15) is 5.78 Å². The number of ketones is 1. The summed E-state index contributed by atoms with van der Waals surface area (Å²) in [5, 5.41) is 0. The minimum atomic E-state index is 0.317. The van der Waals surface area contributed by atoms with Gasteiger partial charge in [-0.05, 0) is 43.9 Å². The minimum absolute atomic E-state index is 0.317. The van der Waals surface area contributed by atoms with E-state index in [1.165, 1.54) is 12.0 Å². The van der Waals surface area contributed by atoms with Gasteiger partial charge in [-0.25, -0.2) is 0 Å². The molecule has 15 heavy (non-hydrogen) atoms. The molecule has 2 unspecified atom stereocenters. The quantitative estimate of drug-likeness (QED) is 0.641. The van der Waals surface area contributed by atoms with Crippen LogP contribution in [0.4, 0.5) is 0 Å².